The van der Waals surface area contributed by atoms with E-state index in [1.807, 2.05) is 0 Å². The van der Waals surface area contributed by atoms with Gasteiger partial charge >= 0.3 is 0 Å². The summed E-state index contributed by atoms with van der Waals surface area (Å²) in [5.41, 5.74) is -1.67. The maximum absolute atomic E-state index is 13.1. The molecule has 1 aromatic rings. The van der Waals surface area contributed by atoms with Crippen LogP contribution in [-0.2, 0) is 5.60 Å². The van der Waals surface area contributed by atoms with Gasteiger partial charge in [0.1, 0.15) is 17.4 Å². The topological polar surface area (TPSA) is 40.5 Å². The van der Waals surface area contributed by atoms with Crippen LogP contribution in [0.5, 0.6) is 5.75 Å². The van der Waals surface area contributed by atoms with E-state index >= 15 is 0 Å². The molecule has 0 bridgehead atoms. The zero-order valence-corrected chi connectivity index (χ0v) is 6.72. The van der Waals surface area contributed by atoms with Gasteiger partial charge in [0.15, 0.2) is 0 Å². The van der Waals surface area contributed by atoms with E-state index in [1.54, 1.807) is 0 Å². The molecule has 1 aliphatic carbocycles. The molecule has 0 radical (unpaired) electrons. The van der Waals surface area contributed by atoms with Gasteiger partial charge in [0, 0.05) is 12.1 Å². The van der Waals surface area contributed by atoms with Crippen LogP contribution in [0.25, 0.3) is 0 Å². The van der Waals surface area contributed by atoms with Crippen molar-refractivity contribution in [3.8, 4) is 5.75 Å². The zero-order valence-electron chi connectivity index (χ0n) is 6.72. The van der Waals surface area contributed by atoms with Crippen molar-refractivity contribution in [2.45, 2.75) is 18.4 Å². The smallest absolute Gasteiger partial charge is 0.135 e. The summed E-state index contributed by atoms with van der Waals surface area (Å²) in [6, 6.07) is 1.60. The highest BCUT2D eigenvalue weighted by atomic mass is 19.1. The number of halogens is 2. The maximum Gasteiger partial charge on any atom is 0.135 e. The van der Waals surface area contributed by atoms with E-state index in [1.165, 1.54) is 0 Å². The van der Waals surface area contributed by atoms with E-state index in [4.69, 9.17) is 5.11 Å². The molecule has 0 saturated heterocycles. The molecule has 1 saturated carbocycles. The highest BCUT2D eigenvalue weighted by Gasteiger charge is 2.46. The van der Waals surface area contributed by atoms with Crippen LogP contribution in [-0.4, -0.2) is 10.2 Å². The fourth-order valence-electron chi connectivity index (χ4n) is 1.37. The molecule has 2 nitrogen and oxygen atoms in total. The van der Waals surface area contributed by atoms with E-state index in [0.717, 1.165) is 12.1 Å². The Kier molecular flexibility index (Phi) is 1.57. The summed E-state index contributed by atoms with van der Waals surface area (Å²) in [5, 5.41) is 18.3. The Hall–Kier alpha value is -1.16. The van der Waals surface area contributed by atoms with Crippen LogP contribution in [0.1, 0.15) is 18.4 Å². The predicted octanol–water partition coefficient (Wildman–Crippen LogP) is 1.65. The predicted molar refractivity (Wildman–Crippen MR) is 41.2 cm³/mol. The molecule has 4 heteroatoms. The molecule has 1 aliphatic rings. The number of hydrogen-bond donors (Lipinski definition) is 2. The summed E-state index contributed by atoms with van der Waals surface area (Å²) in [4.78, 5) is 0. The number of phenolic OH excluding ortho intramolecular Hbond substituents is 1. The average Bonchev–Trinajstić information content (AvgIpc) is 2.65. The second-order valence-corrected chi connectivity index (χ2v) is 3.32. The highest BCUT2D eigenvalue weighted by molar-refractivity contribution is 5.35. The van der Waals surface area contributed by atoms with Gasteiger partial charge in [0.25, 0.3) is 0 Å². The fourth-order valence-corrected chi connectivity index (χ4v) is 1.37. The van der Waals surface area contributed by atoms with Crippen molar-refractivity contribution in [2.75, 3.05) is 0 Å². The Morgan fingerprint density at radius 2 is 1.62 bits per heavy atom. The third-order valence-electron chi connectivity index (χ3n) is 2.22. The van der Waals surface area contributed by atoms with Crippen molar-refractivity contribution in [3.05, 3.63) is 29.3 Å². The lowest BCUT2D eigenvalue weighted by molar-refractivity contribution is 0.141. The highest BCUT2D eigenvalue weighted by Crippen LogP contribution is 2.47. The Labute approximate surface area is 73.4 Å². The SMILES string of the molecule is Oc1cc(F)c(C2(O)CC2)c(F)c1. The number of aromatic hydroxyl groups is 1. The van der Waals surface area contributed by atoms with E-state index in [-0.39, 0.29) is 5.56 Å². The zero-order chi connectivity index (χ0) is 9.64. The summed E-state index contributed by atoms with van der Waals surface area (Å²) in [5.74, 6) is -2.25. The van der Waals surface area contributed by atoms with Gasteiger partial charge < -0.3 is 10.2 Å². The normalized spacial score (nSPS) is 18.7. The van der Waals surface area contributed by atoms with E-state index in [2.05, 4.69) is 0 Å². The van der Waals surface area contributed by atoms with E-state index < -0.39 is 23.0 Å². The van der Waals surface area contributed by atoms with Crippen LogP contribution in [0, 0.1) is 11.6 Å². The summed E-state index contributed by atoms with van der Waals surface area (Å²) in [6.45, 7) is 0. The first-order chi connectivity index (χ1) is 6.03. The lowest BCUT2D eigenvalue weighted by Gasteiger charge is -2.10. The van der Waals surface area contributed by atoms with Crippen molar-refractivity contribution >= 4 is 0 Å². The Balaban J connectivity index is 2.57. The van der Waals surface area contributed by atoms with Gasteiger partial charge in [-0.25, -0.2) is 8.78 Å². The number of hydrogen-bond acceptors (Lipinski definition) is 2. The van der Waals surface area contributed by atoms with Crippen LogP contribution in [0.15, 0.2) is 12.1 Å². The number of rotatable bonds is 1. The first kappa shape index (κ1) is 8.44. The molecule has 1 aromatic carbocycles. The van der Waals surface area contributed by atoms with Crippen molar-refractivity contribution in [1.82, 2.24) is 0 Å². The molecular weight excluding hydrogens is 178 g/mol. The van der Waals surface area contributed by atoms with Crippen molar-refractivity contribution in [3.63, 3.8) is 0 Å². The third-order valence-corrected chi connectivity index (χ3v) is 2.22. The second kappa shape index (κ2) is 2.42. The van der Waals surface area contributed by atoms with Gasteiger partial charge in [-0.15, -0.1) is 0 Å². The van der Waals surface area contributed by atoms with Gasteiger partial charge in [-0.2, -0.15) is 0 Å². The molecule has 0 aliphatic heterocycles. The first-order valence-corrected chi connectivity index (χ1v) is 3.94. The van der Waals surface area contributed by atoms with E-state index in [9.17, 15) is 13.9 Å². The summed E-state index contributed by atoms with van der Waals surface area (Å²) in [7, 11) is 0. The van der Waals surface area contributed by atoms with E-state index in [0.29, 0.717) is 12.8 Å². The summed E-state index contributed by atoms with van der Waals surface area (Å²) in [6.07, 6.45) is 0.733. The van der Waals surface area contributed by atoms with Crippen LogP contribution in [0.2, 0.25) is 0 Å². The molecule has 13 heavy (non-hydrogen) atoms. The average molecular weight is 186 g/mol. The molecule has 0 unspecified atom stereocenters. The molecule has 1 fully saturated rings. The standard InChI is InChI=1S/C9H8F2O2/c10-6-3-5(12)4-7(11)8(6)9(13)1-2-9/h3-4,12-13H,1-2H2. The summed E-state index contributed by atoms with van der Waals surface area (Å²) < 4.78 is 26.2. The molecule has 2 rings (SSSR count). The van der Waals surface area contributed by atoms with Crippen LogP contribution >= 0.6 is 0 Å². The number of aliphatic hydroxyl groups is 1. The molecule has 70 valence electrons. The minimum Gasteiger partial charge on any atom is -0.508 e. The molecule has 0 atom stereocenters. The van der Waals surface area contributed by atoms with Gasteiger partial charge in [-0.1, -0.05) is 0 Å². The fraction of sp³-hybridized carbons (Fsp3) is 0.333. The number of benzene rings is 1. The Morgan fingerprint density at radius 1 is 1.15 bits per heavy atom. The van der Waals surface area contributed by atoms with Crippen LogP contribution in [0.3, 0.4) is 0 Å². The third kappa shape index (κ3) is 1.27. The molecule has 0 amide bonds. The van der Waals surface area contributed by atoms with Gasteiger partial charge in [-0.3, -0.25) is 0 Å². The minimum absolute atomic E-state index is 0.328. The number of phenols is 1. The van der Waals surface area contributed by atoms with Crippen molar-refractivity contribution < 1.29 is 19.0 Å². The van der Waals surface area contributed by atoms with Gasteiger partial charge in [-0.05, 0) is 12.8 Å². The Bertz CT molecular complexity index is 336. The lowest BCUT2D eigenvalue weighted by Crippen LogP contribution is -2.10. The largest absolute Gasteiger partial charge is 0.508 e. The lowest BCUT2D eigenvalue weighted by atomic mass is 10.1. The molecule has 0 aromatic heterocycles. The second-order valence-electron chi connectivity index (χ2n) is 3.32. The van der Waals surface area contributed by atoms with Crippen LogP contribution in [0.4, 0.5) is 8.78 Å². The van der Waals surface area contributed by atoms with Crippen molar-refractivity contribution in [1.29, 1.82) is 0 Å². The van der Waals surface area contributed by atoms with Gasteiger partial charge in [0.05, 0.1) is 11.2 Å². The Morgan fingerprint density at radius 3 is 2.00 bits per heavy atom. The maximum atomic E-state index is 13.1. The quantitative estimate of drug-likeness (QED) is 0.700. The minimum atomic E-state index is -1.35. The first-order valence-electron chi connectivity index (χ1n) is 3.94. The molecule has 0 spiro atoms. The van der Waals surface area contributed by atoms with Gasteiger partial charge in [0.2, 0.25) is 0 Å². The van der Waals surface area contributed by atoms with Crippen LogP contribution < -0.4 is 0 Å². The monoisotopic (exact) mass is 186 g/mol. The molecular formula is C9H8F2O2. The van der Waals surface area contributed by atoms with Crippen molar-refractivity contribution in [2.24, 2.45) is 0 Å². The molecule has 0 heterocycles. The molecule has 2 N–H and O–H groups in total. The summed E-state index contributed by atoms with van der Waals surface area (Å²) >= 11 is 0.